The second-order valence-electron chi connectivity index (χ2n) is 5.48. The van der Waals surface area contributed by atoms with Gasteiger partial charge in [0.15, 0.2) is 0 Å². The van der Waals surface area contributed by atoms with E-state index in [-0.39, 0.29) is 0 Å². The number of hydrogen-bond donors (Lipinski definition) is 0. The number of rotatable bonds is 6. The molecule has 0 fully saturated rings. The van der Waals surface area contributed by atoms with Gasteiger partial charge in [-0.25, -0.2) is 0 Å². The molecule has 21 heavy (non-hydrogen) atoms. The second kappa shape index (κ2) is 6.74. The molecule has 0 saturated heterocycles. The van der Waals surface area contributed by atoms with Gasteiger partial charge < -0.3 is 4.74 Å². The Bertz CT molecular complexity index is 604. The van der Waals surface area contributed by atoms with Crippen LogP contribution in [0.15, 0.2) is 18.3 Å². The third-order valence-electron chi connectivity index (χ3n) is 4.30. The van der Waals surface area contributed by atoms with E-state index in [1.54, 1.807) is 7.11 Å². The van der Waals surface area contributed by atoms with E-state index in [1.807, 2.05) is 10.9 Å². The summed E-state index contributed by atoms with van der Waals surface area (Å²) in [4.78, 5) is 0. The van der Waals surface area contributed by atoms with Crippen molar-refractivity contribution < 1.29 is 4.74 Å². The van der Waals surface area contributed by atoms with E-state index in [4.69, 9.17) is 4.74 Å². The van der Waals surface area contributed by atoms with Crippen LogP contribution in [0.25, 0.3) is 0 Å². The van der Waals surface area contributed by atoms with Gasteiger partial charge in [-0.05, 0) is 62.3 Å². The lowest BCUT2D eigenvalue weighted by Crippen LogP contribution is -2.06. The number of hydrogen-bond acceptors (Lipinski definition) is 3. The molecule has 1 aromatic heterocycles. The predicted octanol–water partition coefficient (Wildman–Crippen LogP) is 3.66. The van der Waals surface area contributed by atoms with E-state index in [0.717, 1.165) is 30.8 Å². The van der Waals surface area contributed by atoms with Crippen molar-refractivity contribution in [3.63, 3.8) is 0 Å². The van der Waals surface area contributed by atoms with Crippen molar-refractivity contribution >= 4 is 0 Å². The van der Waals surface area contributed by atoms with E-state index in [0.29, 0.717) is 5.92 Å². The summed E-state index contributed by atoms with van der Waals surface area (Å²) in [6.07, 6.45) is 4.07. The first kappa shape index (κ1) is 15.5. The molecule has 1 aromatic carbocycles. The summed E-state index contributed by atoms with van der Waals surface area (Å²) in [5.74, 6) is 1.43. The highest BCUT2D eigenvalue weighted by Crippen LogP contribution is 2.32. The minimum absolute atomic E-state index is 0.469. The lowest BCUT2D eigenvalue weighted by Gasteiger charge is -2.19. The Balaban J connectivity index is 2.27. The van der Waals surface area contributed by atoms with Crippen molar-refractivity contribution in [2.24, 2.45) is 0 Å². The number of ether oxygens (including phenoxy) is 1. The summed E-state index contributed by atoms with van der Waals surface area (Å²) in [6, 6.07) is 4.27. The van der Waals surface area contributed by atoms with Gasteiger partial charge in [0.1, 0.15) is 5.75 Å². The monoisotopic (exact) mass is 287 g/mol. The topological polar surface area (TPSA) is 39.9 Å². The lowest BCUT2D eigenvalue weighted by molar-refractivity contribution is 0.411. The highest BCUT2D eigenvalue weighted by atomic mass is 16.5. The van der Waals surface area contributed by atoms with Gasteiger partial charge in [-0.1, -0.05) is 18.2 Å². The van der Waals surface area contributed by atoms with Crippen LogP contribution in [-0.2, 0) is 13.0 Å². The fraction of sp³-hybridized carbons (Fsp3) is 0.529. The molecule has 0 N–H and O–H groups in total. The summed E-state index contributed by atoms with van der Waals surface area (Å²) < 4.78 is 7.29. The van der Waals surface area contributed by atoms with Crippen LogP contribution in [-0.4, -0.2) is 22.1 Å². The van der Waals surface area contributed by atoms with E-state index < -0.39 is 0 Å². The van der Waals surface area contributed by atoms with Gasteiger partial charge in [0.2, 0.25) is 0 Å². The quantitative estimate of drug-likeness (QED) is 0.814. The summed E-state index contributed by atoms with van der Waals surface area (Å²) in [6.45, 7) is 9.47. The molecular formula is C17H25N3O. The SMILES string of the molecule is CCC(Cc1cn(CC)nn1)c1ccc(OC)c(C)c1C. The van der Waals surface area contributed by atoms with Crippen LogP contribution in [0.2, 0.25) is 0 Å². The summed E-state index contributed by atoms with van der Waals surface area (Å²) in [5, 5.41) is 8.40. The first-order valence-electron chi connectivity index (χ1n) is 7.63. The molecule has 2 rings (SSSR count). The Morgan fingerprint density at radius 2 is 1.95 bits per heavy atom. The summed E-state index contributed by atoms with van der Waals surface area (Å²) in [7, 11) is 1.72. The van der Waals surface area contributed by atoms with Crippen LogP contribution < -0.4 is 4.74 Å². The third kappa shape index (κ3) is 3.26. The van der Waals surface area contributed by atoms with Gasteiger partial charge in [-0.2, -0.15) is 0 Å². The Morgan fingerprint density at radius 3 is 2.52 bits per heavy atom. The zero-order valence-corrected chi connectivity index (χ0v) is 13.7. The van der Waals surface area contributed by atoms with Crippen molar-refractivity contribution in [3.05, 3.63) is 40.7 Å². The predicted molar refractivity (Wildman–Crippen MR) is 84.9 cm³/mol. The van der Waals surface area contributed by atoms with Crippen molar-refractivity contribution in [2.45, 2.75) is 53.0 Å². The number of methoxy groups -OCH3 is 1. The first-order valence-corrected chi connectivity index (χ1v) is 7.63. The van der Waals surface area contributed by atoms with Crippen LogP contribution in [0.1, 0.15) is 48.6 Å². The van der Waals surface area contributed by atoms with Gasteiger partial charge >= 0.3 is 0 Å². The van der Waals surface area contributed by atoms with E-state index in [2.05, 4.69) is 50.1 Å². The fourth-order valence-electron chi connectivity index (χ4n) is 2.79. The van der Waals surface area contributed by atoms with Crippen LogP contribution in [0, 0.1) is 13.8 Å². The number of aromatic nitrogens is 3. The first-order chi connectivity index (χ1) is 10.1. The molecule has 1 atom stereocenters. The van der Waals surface area contributed by atoms with Gasteiger partial charge in [0.05, 0.1) is 12.8 Å². The average Bonchev–Trinajstić information content (AvgIpc) is 2.95. The zero-order valence-electron chi connectivity index (χ0n) is 13.7. The molecular weight excluding hydrogens is 262 g/mol. The number of aryl methyl sites for hydroxylation is 1. The van der Waals surface area contributed by atoms with Crippen LogP contribution in [0.4, 0.5) is 0 Å². The van der Waals surface area contributed by atoms with E-state index in [9.17, 15) is 0 Å². The maximum Gasteiger partial charge on any atom is 0.122 e. The van der Waals surface area contributed by atoms with Gasteiger partial charge in [-0.15, -0.1) is 5.10 Å². The van der Waals surface area contributed by atoms with Gasteiger partial charge in [0.25, 0.3) is 0 Å². The molecule has 0 aliphatic rings. The van der Waals surface area contributed by atoms with Crippen LogP contribution in [0.5, 0.6) is 5.75 Å². The van der Waals surface area contributed by atoms with Crippen molar-refractivity contribution in [1.82, 2.24) is 15.0 Å². The molecule has 2 aromatic rings. The summed E-state index contributed by atoms with van der Waals surface area (Å²) >= 11 is 0. The summed E-state index contributed by atoms with van der Waals surface area (Å²) in [5.41, 5.74) is 5.01. The maximum atomic E-state index is 5.40. The molecule has 4 heteroatoms. The van der Waals surface area contributed by atoms with Gasteiger partial charge in [-0.3, -0.25) is 4.68 Å². The van der Waals surface area contributed by atoms with E-state index in [1.165, 1.54) is 16.7 Å². The minimum atomic E-state index is 0.469. The molecule has 0 radical (unpaired) electrons. The Labute approximate surface area is 127 Å². The van der Waals surface area contributed by atoms with Crippen molar-refractivity contribution in [3.8, 4) is 5.75 Å². The maximum absolute atomic E-state index is 5.40. The standard InChI is InChI=1S/C17H25N3O/c1-6-14(10-15-11-20(7-2)19-18-15)16-8-9-17(21-5)13(4)12(16)3/h8-9,11,14H,6-7,10H2,1-5H3. The Hall–Kier alpha value is -1.84. The zero-order chi connectivity index (χ0) is 15.4. The Kier molecular flexibility index (Phi) is 4.99. The molecule has 0 aliphatic carbocycles. The normalized spacial score (nSPS) is 12.4. The second-order valence-corrected chi connectivity index (χ2v) is 5.48. The van der Waals surface area contributed by atoms with Crippen LogP contribution >= 0.6 is 0 Å². The molecule has 0 spiro atoms. The molecule has 1 unspecified atom stereocenters. The number of benzene rings is 1. The van der Waals surface area contributed by atoms with E-state index >= 15 is 0 Å². The third-order valence-corrected chi connectivity index (χ3v) is 4.30. The number of nitrogens with zero attached hydrogens (tertiary/aromatic N) is 3. The molecule has 0 aliphatic heterocycles. The lowest BCUT2D eigenvalue weighted by atomic mass is 9.87. The average molecular weight is 287 g/mol. The van der Waals surface area contributed by atoms with Crippen LogP contribution in [0.3, 0.4) is 0 Å². The minimum Gasteiger partial charge on any atom is -0.496 e. The molecule has 1 heterocycles. The largest absolute Gasteiger partial charge is 0.496 e. The molecule has 0 saturated carbocycles. The fourth-order valence-corrected chi connectivity index (χ4v) is 2.79. The molecule has 114 valence electrons. The molecule has 4 nitrogen and oxygen atoms in total. The highest BCUT2D eigenvalue weighted by molar-refractivity contribution is 5.45. The smallest absolute Gasteiger partial charge is 0.122 e. The Morgan fingerprint density at radius 1 is 1.19 bits per heavy atom. The van der Waals surface area contributed by atoms with Crippen molar-refractivity contribution in [1.29, 1.82) is 0 Å². The molecule has 0 bridgehead atoms. The van der Waals surface area contributed by atoms with Gasteiger partial charge in [0, 0.05) is 12.7 Å². The van der Waals surface area contributed by atoms with Crippen molar-refractivity contribution in [2.75, 3.05) is 7.11 Å². The molecule has 0 amide bonds. The highest BCUT2D eigenvalue weighted by Gasteiger charge is 2.17.